The van der Waals surface area contributed by atoms with Crippen LogP contribution in [0, 0.1) is 17.8 Å². The third-order valence-electron chi connectivity index (χ3n) is 4.64. The molecule has 1 saturated carbocycles. The first-order chi connectivity index (χ1) is 10.4. The van der Waals surface area contributed by atoms with Crippen LogP contribution in [0.1, 0.15) is 45.6 Å². The topological polar surface area (TPSA) is 92.4 Å². The highest BCUT2D eigenvalue weighted by molar-refractivity contribution is 7.89. The molecule has 23 heavy (non-hydrogen) atoms. The fourth-order valence-electron chi connectivity index (χ4n) is 4.05. The van der Waals surface area contributed by atoms with Crippen molar-refractivity contribution in [2.45, 2.75) is 58.0 Å². The molecule has 130 valence electrons. The van der Waals surface area contributed by atoms with Crippen molar-refractivity contribution < 1.29 is 13.5 Å². The van der Waals surface area contributed by atoms with Crippen LogP contribution in [0.3, 0.4) is 0 Å². The van der Waals surface area contributed by atoms with Crippen molar-refractivity contribution in [3.8, 4) is 0 Å². The van der Waals surface area contributed by atoms with Gasteiger partial charge in [-0.15, -0.1) is 0 Å². The zero-order chi connectivity index (χ0) is 17.5. The van der Waals surface area contributed by atoms with Gasteiger partial charge in [0.15, 0.2) is 0 Å². The maximum atomic E-state index is 11.6. The molecule has 1 fully saturated rings. The van der Waals surface area contributed by atoms with E-state index in [9.17, 15) is 13.5 Å². The standard InChI is InChI=1S/C17H28N2O3S/c1-12-5-6-13(7-15(12)23(18,21)22)19-11-17(4)9-14(20)8-16(2,3)10-17/h5-7,14,19-20H,8-11H2,1-4H3,(H2,18,21,22)/t14-,17-/m0/s1. The van der Waals surface area contributed by atoms with Crippen molar-refractivity contribution in [3.05, 3.63) is 23.8 Å². The third kappa shape index (κ3) is 4.68. The Hall–Kier alpha value is -1.11. The van der Waals surface area contributed by atoms with Crippen molar-refractivity contribution in [2.75, 3.05) is 11.9 Å². The summed E-state index contributed by atoms with van der Waals surface area (Å²) >= 11 is 0. The first kappa shape index (κ1) is 18.2. The molecule has 0 radical (unpaired) electrons. The van der Waals surface area contributed by atoms with Gasteiger partial charge in [0.25, 0.3) is 0 Å². The van der Waals surface area contributed by atoms with E-state index in [4.69, 9.17) is 5.14 Å². The van der Waals surface area contributed by atoms with Gasteiger partial charge in [-0.1, -0.05) is 26.8 Å². The zero-order valence-corrected chi connectivity index (χ0v) is 15.2. The maximum absolute atomic E-state index is 11.6. The van der Waals surface area contributed by atoms with E-state index in [2.05, 4.69) is 26.1 Å². The fraction of sp³-hybridized carbons (Fsp3) is 0.647. The minimum atomic E-state index is -3.72. The lowest BCUT2D eigenvalue weighted by Crippen LogP contribution is -2.42. The summed E-state index contributed by atoms with van der Waals surface area (Å²) in [6.45, 7) is 8.93. The molecule has 1 aromatic carbocycles. The molecule has 1 aromatic rings. The van der Waals surface area contributed by atoms with Crippen molar-refractivity contribution in [2.24, 2.45) is 16.0 Å². The smallest absolute Gasteiger partial charge is 0.238 e. The first-order valence-electron chi connectivity index (χ1n) is 7.96. The molecule has 0 amide bonds. The van der Waals surface area contributed by atoms with E-state index in [0.717, 1.165) is 24.9 Å². The van der Waals surface area contributed by atoms with Crippen molar-refractivity contribution in [1.29, 1.82) is 0 Å². The molecule has 0 saturated heterocycles. The predicted molar refractivity (Wildman–Crippen MR) is 92.8 cm³/mol. The molecule has 4 N–H and O–H groups in total. The number of hydrogen-bond donors (Lipinski definition) is 3. The Kier molecular flexibility index (Phi) is 4.81. The summed E-state index contributed by atoms with van der Waals surface area (Å²) in [7, 11) is -3.72. The normalized spacial score (nSPS) is 27.7. The quantitative estimate of drug-likeness (QED) is 0.785. The largest absolute Gasteiger partial charge is 0.393 e. The average Bonchev–Trinajstić information content (AvgIpc) is 2.33. The second-order valence-corrected chi connectivity index (χ2v) is 9.62. The highest BCUT2D eigenvalue weighted by Gasteiger charge is 2.40. The summed E-state index contributed by atoms with van der Waals surface area (Å²) < 4.78 is 23.2. The Labute approximate surface area is 139 Å². The van der Waals surface area contributed by atoms with E-state index in [1.807, 2.05) is 6.07 Å². The molecule has 0 aliphatic heterocycles. The molecule has 2 atom stereocenters. The molecule has 5 nitrogen and oxygen atoms in total. The Morgan fingerprint density at radius 3 is 2.52 bits per heavy atom. The summed E-state index contributed by atoms with van der Waals surface area (Å²) in [6.07, 6.45) is 2.29. The number of benzene rings is 1. The number of primary sulfonamides is 1. The van der Waals surface area contributed by atoms with Crippen molar-refractivity contribution >= 4 is 15.7 Å². The van der Waals surface area contributed by atoms with Crippen LogP contribution in [0.25, 0.3) is 0 Å². The Morgan fingerprint density at radius 2 is 1.96 bits per heavy atom. The number of sulfonamides is 1. The number of aliphatic hydroxyl groups excluding tert-OH is 1. The van der Waals surface area contributed by atoms with Crippen LogP contribution in [-0.4, -0.2) is 26.2 Å². The molecule has 0 spiro atoms. The highest BCUT2D eigenvalue weighted by Crippen LogP contribution is 2.46. The van der Waals surface area contributed by atoms with Gasteiger partial charge in [-0.2, -0.15) is 0 Å². The van der Waals surface area contributed by atoms with Crippen LogP contribution in [0.4, 0.5) is 5.69 Å². The van der Waals surface area contributed by atoms with Crippen LogP contribution in [-0.2, 0) is 10.0 Å². The molecule has 0 bridgehead atoms. The molecule has 0 unspecified atom stereocenters. The lowest BCUT2D eigenvalue weighted by Gasteiger charge is -2.45. The van der Waals surface area contributed by atoms with Gasteiger partial charge < -0.3 is 10.4 Å². The summed E-state index contributed by atoms with van der Waals surface area (Å²) in [6, 6.07) is 5.19. The van der Waals surface area contributed by atoms with Crippen LogP contribution >= 0.6 is 0 Å². The molecule has 0 aromatic heterocycles. The molecule has 2 rings (SSSR count). The van der Waals surface area contributed by atoms with Crippen LogP contribution in [0.15, 0.2) is 23.1 Å². The summed E-state index contributed by atoms with van der Waals surface area (Å²) in [5.41, 5.74) is 1.44. The molecule has 1 aliphatic carbocycles. The van der Waals surface area contributed by atoms with Gasteiger partial charge in [0.05, 0.1) is 11.0 Å². The van der Waals surface area contributed by atoms with Crippen LogP contribution in [0.2, 0.25) is 0 Å². The van der Waals surface area contributed by atoms with Gasteiger partial charge in [-0.05, 0) is 54.7 Å². The SMILES string of the molecule is Cc1ccc(NC[C@@]2(C)C[C@@H](O)CC(C)(C)C2)cc1S(N)(=O)=O. The van der Waals surface area contributed by atoms with Gasteiger partial charge in [-0.3, -0.25) is 0 Å². The second kappa shape index (κ2) is 6.07. The van der Waals surface area contributed by atoms with Crippen LogP contribution < -0.4 is 10.5 Å². The van der Waals surface area contributed by atoms with Gasteiger partial charge >= 0.3 is 0 Å². The fourth-order valence-corrected chi connectivity index (χ4v) is 4.85. The summed E-state index contributed by atoms with van der Waals surface area (Å²) in [4.78, 5) is 0.150. The Balaban J connectivity index is 2.15. The molecule has 1 aliphatic rings. The van der Waals surface area contributed by atoms with Gasteiger partial charge in [0.1, 0.15) is 0 Å². The Morgan fingerprint density at radius 1 is 1.30 bits per heavy atom. The third-order valence-corrected chi connectivity index (χ3v) is 5.69. The van der Waals surface area contributed by atoms with Gasteiger partial charge in [0, 0.05) is 12.2 Å². The van der Waals surface area contributed by atoms with Crippen LogP contribution in [0.5, 0.6) is 0 Å². The van der Waals surface area contributed by atoms with Gasteiger partial charge in [0.2, 0.25) is 10.0 Å². The van der Waals surface area contributed by atoms with E-state index >= 15 is 0 Å². The van der Waals surface area contributed by atoms with E-state index in [-0.39, 0.29) is 21.8 Å². The number of aryl methyl sites for hydroxylation is 1. The van der Waals surface area contributed by atoms with E-state index in [1.54, 1.807) is 19.1 Å². The van der Waals surface area contributed by atoms with E-state index in [1.165, 1.54) is 0 Å². The molecule has 6 heteroatoms. The number of rotatable bonds is 4. The molecular weight excluding hydrogens is 312 g/mol. The predicted octanol–water partition coefficient (Wildman–Crippen LogP) is 2.63. The molecule has 0 heterocycles. The summed E-state index contributed by atoms with van der Waals surface area (Å²) in [5.74, 6) is 0. The zero-order valence-electron chi connectivity index (χ0n) is 14.4. The van der Waals surface area contributed by atoms with Crippen molar-refractivity contribution in [3.63, 3.8) is 0 Å². The monoisotopic (exact) mass is 340 g/mol. The van der Waals surface area contributed by atoms with E-state index < -0.39 is 10.0 Å². The summed E-state index contributed by atoms with van der Waals surface area (Å²) in [5, 5.41) is 18.7. The lowest BCUT2D eigenvalue weighted by molar-refractivity contribution is -0.00317. The first-order valence-corrected chi connectivity index (χ1v) is 9.50. The average molecular weight is 340 g/mol. The highest BCUT2D eigenvalue weighted by atomic mass is 32.2. The Bertz CT molecular complexity index is 685. The van der Waals surface area contributed by atoms with Crippen molar-refractivity contribution in [1.82, 2.24) is 0 Å². The second-order valence-electron chi connectivity index (χ2n) is 8.09. The van der Waals surface area contributed by atoms with E-state index in [0.29, 0.717) is 12.1 Å². The van der Waals surface area contributed by atoms with Gasteiger partial charge in [-0.25, -0.2) is 13.6 Å². The molecular formula is C17H28N2O3S. The maximum Gasteiger partial charge on any atom is 0.238 e. The lowest BCUT2D eigenvalue weighted by atomic mass is 9.63. The number of nitrogens with one attached hydrogen (secondary N) is 1. The number of hydrogen-bond acceptors (Lipinski definition) is 4. The number of nitrogens with two attached hydrogens (primary N) is 1. The minimum absolute atomic E-state index is 0.0339. The number of anilines is 1. The minimum Gasteiger partial charge on any atom is -0.393 e. The number of aliphatic hydroxyl groups is 1.